The minimum Gasteiger partial charge on any atom is -0.496 e. The molecule has 4 nitrogen and oxygen atoms in total. The molecule has 100 valence electrons. The van der Waals surface area contributed by atoms with Crippen molar-refractivity contribution >= 4 is 0 Å². The van der Waals surface area contributed by atoms with Gasteiger partial charge < -0.3 is 19.5 Å². The second-order valence-corrected chi connectivity index (χ2v) is 4.49. The van der Waals surface area contributed by atoms with Crippen molar-refractivity contribution in [2.24, 2.45) is 0 Å². The number of rotatable bonds is 4. The predicted octanol–water partition coefficient (Wildman–Crippen LogP) is 2.18. The zero-order chi connectivity index (χ0) is 13.0. The lowest BCUT2D eigenvalue weighted by Crippen LogP contribution is -2.28. The third-order valence-corrected chi connectivity index (χ3v) is 3.46. The van der Waals surface area contributed by atoms with Gasteiger partial charge in [-0.05, 0) is 19.4 Å². The van der Waals surface area contributed by atoms with Crippen molar-refractivity contribution in [3.05, 3.63) is 17.7 Å². The molecule has 1 saturated heterocycles. The first-order valence-corrected chi connectivity index (χ1v) is 6.30. The first-order valence-electron chi connectivity index (χ1n) is 6.30. The second kappa shape index (κ2) is 5.96. The van der Waals surface area contributed by atoms with Crippen LogP contribution in [0.2, 0.25) is 0 Å². The molecule has 2 rings (SSSR count). The molecule has 1 atom stereocenters. The summed E-state index contributed by atoms with van der Waals surface area (Å²) in [5, 5.41) is 3.42. The van der Waals surface area contributed by atoms with Crippen molar-refractivity contribution in [2.45, 2.75) is 18.8 Å². The maximum Gasteiger partial charge on any atom is 0.129 e. The normalized spacial score (nSPS) is 19.4. The summed E-state index contributed by atoms with van der Waals surface area (Å²) in [6.07, 6.45) is 2.34. The van der Waals surface area contributed by atoms with Gasteiger partial charge in [-0.25, -0.2) is 0 Å². The molecular weight excluding hydrogens is 230 g/mol. The molecule has 0 amide bonds. The van der Waals surface area contributed by atoms with Gasteiger partial charge in [-0.15, -0.1) is 0 Å². The summed E-state index contributed by atoms with van der Waals surface area (Å²) in [6, 6.07) is 3.85. The number of nitrogens with one attached hydrogen (secondary N) is 1. The number of hydrogen-bond acceptors (Lipinski definition) is 4. The van der Waals surface area contributed by atoms with E-state index in [9.17, 15) is 0 Å². The molecule has 4 heteroatoms. The fourth-order valence-electron chi connectivity index (χ4n) is 2.53. The minimum absolute atomic E-state index is 0.439. The van der Waals surface area contributed by atoms with Crippen molar-refractivity contribution < 1.29 is 14.2 Å². The molecule has 1 unspecified atom stereocenters. The largest absolute Gasteiger partial charge is 0.496 e. The highest BCUT2D eigenvalue weighted by molar-refractivity contribution is 5.52. The molecule has 1 aliphatic heterocycles. The van der Waals surface area contributed by atoms with Gasteiger partial charge in [-0.2, -0.15) is 0 Å². The van der Waals surface area contributed by atoms with Gasteiger partial charge >= 0.3 is 0 Å². The summed E-state index contributed by atoms with van der Waals surface area (Å²) >= 11 is 0. The van der Waals surface area contributed by atoms with E-state index in [1.54, 1.807) is 21.3 Å². The van der Waals surface area contributed by atoms with E-state index in [2.05, 4.69) is 5.32 Å². The molecule has 1 fully saturated rings. The summed E-state index contributed by atoms with van der Waals surface area (Å²) in [7, 11) is 5.03. The highest BCUT2D eigenvalue weighted by Gasteiger charge is 2.23. The van der Waals surface area contributed by atoms with Crippen molar-refractivity contribution in [2.75, 3.05) is 34.4 Å². The van der Waals surface area contributed by atoms with E-state index < -0.39 is 0 Å². The Labute approximate surface area is 108 Å². The summed E-state index contributed by atoms with van der Waals surface area (Å²) in [4.78, 5) is 0. The SMILES string of the molecule is COc1cc(OC)c(C2CCCNC2)c(OC)c1. The van der Waals surface area contributed by atoms with E-state index in [-0.39, 0.29) is 0 Å². The molecule has 1 N–H and O–H groups in total. The van der Waals surface area contributed by atoms with Crippen LogP contribution in [0.1, 0.15) is 24.3 Å². The van der Waals surface area contributed by atoms with E-state index in [1.807, 2.05) is 12.1 Å². The van der Waals surface area contributed by atoms with Crippen LogP contribution in [0, 0.1) is 0 Å². The molecule has 0 aliphatic carbocycles. The van der Waals surface area contributed by atoms with Crippen LogP contribution in [0.3, 0.4) is 0 Å². The Kier molecular flexibility index (Phi) is 4.31. The first-order chi connectivity index (χ1) is 8.80. The molecule has 1 heterocycles. The lowest BCUT2D eigenvalue weighted by molar-refractivity contribution is 0.353. The molecule has 0 bridgehead atoms. The quantitative estimate of drug-likeness (QED) is 0.890. The van der Waals surface area contributed by atoms with Gasteiger partial charge in [-0.3, -0.25) is 0 Å². The molecule has 0 spiro atoms. The molecule has 0 radical (unpaired) electrons. The van der Waals surface area contributed by atoms with Crippen LogP contribution < -0.4 is 19.5 Å². The fourth-order valence-corrected chi connectivity index (χ4v) is 2.53. The third-order valence-electron chi connectivity index (χ3n) is 3.46. The number of piperidine rings is 1. The van der Waals surface area contributed by atoms with Gasteiger partial charge in [0.05, 0.1) is 21.3 Å². The van der Waals surface area contributed by atoms with E-state index in [1.165, 1.54) is 6.42 Å². The van der Waals surface area contributed by atoms with Gasteiger partial charge in [0.25, 0.3) is 0 Å². The average Bonchev–Trinajstić information content (AvgIpc) is 2.46. The summed E-state index contributed by atoms with van der Waals surface area (Å²) < 4.78 is 16.3. The molecule has 1 aromatic rings. The Morgan fingerprint density at radius 3 is 2.17 bits per heavy atom. The zero-order valence-corrected chi connectivity index (χ0v) is 11.3. The first kappa shape index (κ1) is 13.0. The van der Waals surface area contributed by atoms with Gasteiger partial charge in [-0.1, -0.05) is 0 Å². The number of methoxy groups -OCH3 is 3. The van der Waals surface area contributed by atoms with E-state index in [0.29, 0.717) is 5.92 Å². The van der Waals surface area contributed by atoms with Gasteiger partial charge in [0, 0.05) is 30.2 Å². The van der Waals surface area contributed by atoms with E-state index in [4.69, 9.17) is 14.2 Å². The van der Waals surface area contributed by atoms with E-state index >= 15 is 0 Å². The molecular formula is C14H21NO3. The minimum atomic E-state index is 0.439. The maximum absolute atomic E-state index is 5.50. The molecule has 0 saturated carbocycles. The van der Waals surface area contributed by atoms with Crippen molar-refractivity contribution in [3.8, 4) is 17.2 Å². The molecule has 0 aromatic heterocycles. The molecule has 1 aliphatic rings. The van der Waals surface area contributed by atoms with Crippen LogP contribution >= 0.6 is 0 Å². The van der Waals surface area contributed by atoms with Crippen molar-refractivity contribution in [1.29, 1.82) is 0 Å². The highest BCUT2D eigenvalue weighted by Crippen LogP contribution is 2.41. The van der Waals surface area contributed by atoms with Gasteiger partial charge in [0.2, 0.25) is 0 Å². The Bertz CT molecular complexity index is 375. The zero-order valence-electron chi connectivity index (χ0n) is 11.3. The summed E-state index contributed by atoms with van der Waals surface area (Å²) in [6.45, 7) is 2.07. The van der Waals surface area contributed by atoms with E-state index in [0.717, 1.165) is 42.3 Å². The fraction of sp³-hybridized carbons (Fsp3) is 0.571. The Balaban J connectivity index is 2.41. The van der Waals surface area contributed by atoms with Crippen LogP contribution in [0.25, 0.3) is 0 Å². The summed E-state index contributed by atoms with van der Waals surface area (Å²) in [5.41, 5.74) is 1.15. The smallest absolute Gasteiger partial charge is 0.129 e. The lowest BCUT2D eigenvalue weighted by Gasteiger charge is -2.26. The van der Waals surface area contributed by atoms with Crippen LogP contribution in [-0.2, 0) is 0 Å². The van der Waals surface area contributed by atoms with Gasteiger partial charge in [0.1, 0.15) is 17.2 Å². The second-order valence-electron chi connectivity index (χ2n) is 4.49. The number of hydrogen-bond donors (Lipinski definition) is 1. The molecule has 1 aromatic carbocycles. The third kappa shape index (κ3) is 2.53. The van der Waals surface area contributed by atoms with Crippen LogP contribution in [0.15, 0.2) is 12.1 Å². The van der Waals surface area contributed by atoms with Crippen LogP contribution in [0.5, 0.6) is 17.2 Å². The Morgan fingerprint density at radius 2 is 1.72 bits per heavy atom. The summed E-state index contributed by atoms with van der Waals surface area (Å²) in [5.74, 6) is 2.89. The number of ether oxygens (including phenoxy) is 3. The topological polar surface area (TPSA) is 39.7 Å². The molecule has 18 heavy (non-hydrogen) atoms. The lowest BCUT2D eigenvalue weighted by atomic mass is 9.90. The van der Waals surface area contributed by atoms with Crippen LogP contribution in [-0.4, -0.2) is 34.4 Å². The Morgan fingerprint density at radius 1 is 1.06 bits per heavy atom. The monoisotopic (exact) mass is 251 g/mol. The predicted molar refractivity (Wildman–Crippen MR) is 70.9 cm³/mol. The van der Waals surface area contributed by atoms with Crippen molar-refractivity contribution in [3.63, 3.8) is 0 Å². The average molecular weight is 251 g/mol. The Hall–Kier alpha value is -1.42. The standard InChI is InChI=1S/C14H21NO3/c1-16-11-7-12(17-2)14(13(8-11)18-3)10-5-4-6-15-9-10/h7-8,10,15H,4-6,9H2,1-3H3. The van der Waals surface area contributed by atoms with Crippen LogP contribution in [0.4, 0.5) is 0 Å². The maximum atomic E-state index is 5.50. The number of benzene rings is 1. The van der Waals surface area contributed by atoms with Crippen molar-refractivity contribution in [1.82, 2.24) is 5.32 Å². The van der Waals surface area contributed by atoms with Gasteiger partial charge in [0.15, 0.2) is 0 Å². The highest BCUT2D eigenvalue weighted by atomic mass is 16.5.